The number of hydrogen-bond acceptors (Lipinski definition) is 6. The number of furan rings is 1. The van der Waals surface area contributed by atoms with Crippen molar-refractivity contribution in [2.75, 3.05) is 11.5 Å². The lowest BCUT2D eigenvalue weighted by molar-refractivity contribution is 0.578. The van der Waals surface area contributed by atoms with Gasteiger partial charge in [0.15, 0.2) is 11.4 Å². The second kappa shape index (κ2) is 4.71. The summed E-state index contributed by atoms with van der Waals surface area (Å²) in [6.45, 7) is 1.90. The van der Waals surface area contributed by atoms with Crippen LogP contribution in [-0.2, 0) is 6.42 Å². The van der Waals surface area contributed by atoms with E-state index in [0.29, 0.717) is 23.6 Å². The Morgan fingerprint density at radius 3 is 2.82 bits per heavy atom. The molecule has 5 nitrogen and oxygen atoms in total. The number of rotatable bonds is 2. The molecule has 0 radical (unpaired) electrons. The van der Waals surface area contributed by atoms with Crippen molar-refractivity contribution in [1.82, 2.24) is 9.97 Å². The van der Waals surface area contributed by atoms with Crippen LogP contribution < -0.4 is 11.5 Å². The number of hydrogen-bond donors (Lipinski definition) is 2. The fraction of sp³-hybridized carbons (Fsp3) is 0.125. The molecule has 0 aliphatic heterocycles. The molecule has 0 saturated heterocycles. The van der Waals surface area contributed by atoms with Crippen LogP contribution in [0, 0.1) is 6.92 Å². The second-order valence-corrected chi connectivity index (χ2v) is 6.42. The van der Waals surface area contributed by atoms with E-state index in [0.717, 1.165) is 26.9 Å². The van der Waals surface area contributed by atoms with Crippen molar-refractivity contribution in [2.45, 2.75) is 13.3 Å². The quantitative estimate of drug-likeness (QED) is 0.591. The average molecular weight is 310 g/mol. The summed E-state index contributed by atoms with van der Waals surface area (Å²) in [5.41, 5.74) is 13.5. The first kappa shape index (κ1) is 13.1. The number of thiophene rings is 1. The lowest BCUT2D eigenvalue weighted by Crippen LogP contribution is -1.96. The Morgan fingerprint density at radius 2 is 2.00 bits per heavy atom. The topological polar surface area (TPSA) is 91.0 Å². The summed E-state index contributed by atoms with van der Waals surface area (Å²) in [7, 11) is 0. The molecule has 0 atom stereocenters. The van der Waals surface area contributed by atoms with Gasteiger partial charge in [-0.25, -0.2) is 9.97 Å². The van der Waals surface area contributed by atoms with Gasteiger partial charge in [0.05, 0.1) is 4.70 Å². The Balaban J connectivity index is 1.76. The van der Waals surface area contributed by atoms with Crippen molar-refractivity contribution in [2.24, 2.45) is 0 Å². The van der Waals surface area contributed by atoms with Crippen LogP contribution in [0.25, 0.3) is 21.1 Å². The number of pyridine rings is 2. The zero-order chi connectivity index (χ0) is 15.3. The first-order valence-electron chi connectivity index (χ1n) is 6.88. The zero-order valence-corrected chi connectivity index (χ0v) is 12.8. The van der Waals surface area contributed by atoms with Crippen LogP contribution in [0.1, 0.15) is 16.3 Å². The van der Waals surface area contributed by atoms with Gasteiger partial charge in [0.2, 0.25) is 0 Å². The van der Waals surface area contributed by atoms with Gasteiger partial charge in [0.1, 0.15) is 11.6 Å². The van der Waals surface area contributed by atoms with Crippen molar-refractivity contribution in [3.05, 3.63) is 46.8 Å². The summed E-state index contributed by atoms with van der Waals surface area (Å²) in [6.07, 6.45) is 2.44. The van der Waals surface area contributed by atoms with Gasteiger partial charge in [0, 0.05) is 28.6 Å². The molecule has 0 unspecified atom stereocenters. The SMILES string of the molecule is Cc1cc2cc(Cc3cc4ccnc(N)c4s3)nc(N)c2o1. The summed E-state index contributed by atoms with van der Waals surface area (Å²) in [4.78, 5) is 9.75. The monoisotopic (exact) mass is 310 g/mol. The third-order valence-corrected chi connectivity index (χ3v) is 4.74. The standard InChI is InChI=1S/C16H14N4OS/c1-8-4-10-5-11(20-15(17)13(10)21-8)7-12-6-9-2-3-19-16(18)14(9)22-12/h2-6H,7H2,1H3,(H2,17,20)(H2,18,19). The van der Waals surface area contributed by atoms with Gasteiger partial charge in [0.25, 0.3) is 0 Å². The molecule has 0 fully saturated rings. The minimum atomic E-state index is 0.433. The van der Waals surface area contributed by atoms with Crippen molar-refractivity contribution in [3.63, 3.8) is 0 Å². The molecule has 4 N–H and O–H groups in total. The normalized spacial score (nSPS) is 11.5. The Kier molecular flexibility index (Phi) is 2.80. The maximum absolute atomic E-state index is 5.99. The average Bonchev–Trinajstić information content (AvgIpc) is 3.02. The van der Waals surface area contributed by atoms with Crippen LogP contribution >= 0.6 is 11.3 Å². The van der Waals surface area contributed by atoms with E-state index in [1.807, 2.05) is 25.1 Å². The van der Waals surface area contributed by atoms with Crippen molar-refractivity contribution in [3.8, 4) is 0 Å². The van der Waals surface area contributed by atoms with Gasteiger partial charge in [-0.2, -0.15) is 0 Å². The number of nitrogen functional groups attached to an aromatic ring is 2. The lowest BCUT2D eigenvalue weighted by Gasteiger charge is -2.01. The first-order valence-corrected chi connectivity index (χ1v) is 7.70. The van der Waals surface area contributed by atoms with E-state index in [4.69, 9.17) is 15.9 Å². The molecule has 0 spiro atoms. The van der Waals surface area contributed by atoms with Gasteiger partial charge in [-0.05, 0) is 36.6 Å². The smallest absolute Gasteiger partial charge is 0.176 e. The highest BCUT2D eigenvalue weighted by atomic mass is 32.1. The molecule has 4 aromatic heterocycles. The van der Waals surface area contributed by atoms with Crippen LogP contribution in [0.3, 0.4) is 0 Å². The Labute approximate surface area is 130 Å². The molecule has 0 aliphatic carbocycles. The Hall–Kier alpha value is -2.60. The molecule has 0 bridgehead atoms. The molecule has 0 aliphatic rings. The number of aromatic nitrogens is 2. The van der Waals surface area contributed by atoms with Gasteiger partial charge in [-0.1, -0.05) is 0 Å². The molecule has 4 heterocycles. The molecule has 0 amide bonds. The van der Waals surface area contributed by atoms with Crippen molar-refractivity contribution < 1.29 is 4.42 Å². The molecule has 0 saturated carbocycles. The van der Waals surface area contributed by atoms with E-state index in [9.17, 15) is 0 Å². The summed E-state index contributed by atoms with van der Waals surface area (Å²) in [5.74, 6) is 1.84. The van der Waals surface area contributed by atoms with Gasteiger partial charge in [-0.3, -0.25) is 0 Å². The molecule has 4 rings (SSSR count). The summed E-state index contributed by atoms with van der Waals surface area (Å²) >= 11 is 1.64. The van der Waals surface area contributed by atoms with Gasteiger partial charge >= 0.3 is 0 Å². The van der Waals surface area contributed by atoms with E-state index in [1.165, 1.54) is 4.88 Å². The molecule has 110 valence electrons. The van der Waals surface area contributed by atoms with Gasteiger partial charge < -0.3 is 15.9 Å². The predicted molar refractivity (Wildman–Crippen MR) is 90.0 cm³/mol. The van der Waals surface area contributed by atoms with Gasteiger partial charge in [-0.15, -0.1) is 11.3 Å². The largest absolute Gasteiger partial charge is 0.457 e. The van der Waals surface area contributed by atoms with E-state index in [1.54, 1.807) is 17.5 Å². The highest BCUT2D eigenvalue weighted by Crippen LogP contribution is 2.31. The van der Waals surface area contributed by atoms with E-state index >= 15 is 0 Å². The minimum absolute atomic E-state index is 0.433. The van der Waals surface area contributed by atoms with Crippen molar-refractivity contribution in [1.29, 1.82) is 0 Å². The van der Waals surface area contributed by atoms with Crippen LogP contribution in [0.15, 0.2) is 34.9 Å². The molecule has 6 heteroatoms. The maximum atomic E-state index is 5.99. The molecular formula is C16H14N4OS. The highest BCUT2D eigenvalue weighted by Gasteiger charge is 2.11. The van der Waals surface area contributed by atoms with Crippen LogP contribution in [0.5, 0.6) is 0 Å². The molecule has 0 aromatic carbocycles. The molecule has 4 aromatic rings. The minimum Gasteiger partial charge on any atom is -0.457 e. The van der Waals surface area contributed by atoms with E-state index in [-0.39, 0.29) is 0 Å². The first-order chi connectivity index (χ1) is 10.6. The number of fused-ring (bicyclic) bond motifs is 2. The van der Waals surface area contributed by atoms with E-state index < -0.39 is 0 Å². The fourth-order valence-corrected chi connectivity index (χ4v) is 3.72. The maximum Gasteiger partial charge on any atom is 0.176 e. The molecule has 22 heavy (non-hydrogen) atoms. The van der Waals surface area contributed by atoms with E-state index in [2.05, 4.69) is 16.0 Å². The Morgan fingerprint density at radius 1 is 1.14 bits per heavy atom. The van der Waals surface area contributed by atoms with Crippen LogP contribution in [0.4, 0.5) is 11.6 Å². The Bertz CT molecular complexity index is 1000. The van der Waals surface area contributed by atoms with Crippen LogP contribution in [-0.4, -0.2) is 9.97 Å². The summed E-state index contributed by atoms with van der Waals surface area (Å²) < 4.78 is 6.58. The third kappa shape index (κ3) is 2.08. The number of nitrogens with two attached hydrogens (primary N) is 2. The number of anilines is 2. The zero-order valence-electron chi connectivity index (χ0n) is 12.0. The number of aryl methyl sites for hydroxylation is 1. The summed E-state index contributed by atoms with van der Waals surface area (Å²) in [5, 5.41) is 2.10. The fourth-order valence-electron chi connectivity index (χ4n) is 2.65. The second-order valence-electron chi connectivity index (χ2n) is 5.28. The van der Waals surface area contributed by atoms with Crippen molar-refractivity contribution >= 4 is 44.0 Å². The summed E-state index contributed by atoms with van der Waals surface area (Å²) in [6, 6.07) is 8.09. The predicted octanol–water partition coefficient (Wildman–Crippen LogP) is 3.50. The molecular weight excluding hydrogens is 296 g/mol. The van der Waals surface area contributed by atoms with Crippen LogP contribution in [0.2, 0.25) is 0 Å². The highest BCUT2D eigenvalue weighted by molar-refractivity contribution is 7.19. The third-order valence-electron chi connectivity index (χ3n) is 3.57. The number of nitrogens with zero attached hydrogens (tertiary/aromatic N) is 2. The lowest BCUT2D eigenvalue weighted by atomic mass is 10.2.